The van der Waals surface area contributed by atoms with Crippen molar-refractivity contribution >= 4 is 43.3 Å². The minimum atomic E-state index is 0.929. The lowest BCUT2D eigenvalue weighted by Crippen LogP contribution is -1.86. The molecule has 0 aliphatic carbocycles. The van der Waals surface area contributed by atoms with Gasteiger partial charge in [-0.2, -0.15) is 0 Å². The van der Waals surface area contributed by atoms with Gasteiger partial charge in [-0.1, -0.05) is 109 Å². The van der Waals surface area contributed by atoms with Crippen molar-refractivity contribution in [2.24, 2.45) is 0 Å². The number of hydrogen-bond acceptors (Lipinski definition) is 1. The monoisotopic (exact) mass is 394 g/mol. The third-order valence-corrected chi connectivity index (χ3v) is 6.41. The van der Waals surface area contributed by atoms with Crippen LogP contribution in [0.5, 0.6) is 0 Å². The van der Waals surface area contributed by atoms with Gasteiger partial charge in [-0.3, -0.25) is 0 Å². The first-order valence-corrected chi connectivity index (χ1v) is 10.6. The van der Waals surface area contributed by atoms with Gasteiger partial charge in [-0.05, 0) is 27.1 Å². The highest BCUT2D eigenvalue weighted by Crippen LogP contribution is 2.48. The van der Waals surface area contributed by atoms with Crippen molar-refractivity contribution in [3.63, 3.8) is 0 Å². The van der Waals surface area contributed by atoms with Gasteiger partial charge in [-0.15, -0.1) is 0 Å². The summed E-state index contributed by atoms with van der Waals surface area (Å²) in [5.41, 5.74) is 4.41. The van der Waals surface area contributed by atoms with E-state index in [0.717, 1.165) is 16.9 Å². The van der Waals surface area contributed by atoms with Crippen LogP contribution >= 0.6 is 0 Å². The lowest BCUT2D eigenvalue weighted by molar-refractivity contribution is 0.636. The van der Waals surface area contributed by atoms with Crippen molar-refractivity contribution in [2.75, 3.05) is 0 Å². The highest BCUT2D eigenvalue weighted by molar-refractivity contribution is 6.35. The number of hydrogen-bond donors (Lipinski definition) is 0. The third-order valence-electron chi connectivity index (χ3n) is 6.41. The first kappa shape index (κ1) is 16.7. The van der Waals surface area contributed by atoms with E-state index in [0.29, 0.717) is 0 Å². The summed E-state index contributed by atoms with van der Waals surface area (Å²) >= 11 is 0. The normalized spacial score (nSPS) is 11.9. The molecule has 6 aromatic carbocycles. The van der Waals surface area contributed by atoms with Gasteiger partial charge in [0.15, 0.2) is 0 Å². The van der Waals surface area contributed by atoms with Gasteiger partial charge in [0.05, 0.1) is 0 Å². The minimum absolute atomic E-state index is 0.929. The van der Waals surface area contributed by atoms with Crippen molar-refractivity contribution in [3.8, 4) is 22.5 Å². The van der Waals surface area contributed by atoms with Crippen molar-refractivity contribution in [1.82, 2.24) is 0 Å². The highest BCUT2D eigenvalue weighted by Gasteiger charge is 2.23. The molecule has 0 atom stereocenters. The average molecular weight is 394 g/mol. The fraction of sp³-hybridized carbons (Fsp3) is 0. The Hall–Kier alpha value is -4.10. The molecule has 1 aromatic heterocycles. The molecular formula is C30H18O. The Morgan fingerprint density at radius 2 is 1.00 bits per heavy atom. The predicted molar refractivity (Wildman–Crippen MR) is 131 cm³/mol. The lowest BCUT2D eigenvalue weighted by atomic mass is 9.89. The summed E-state index contributed by atoms with van der Waals surface area (Å²) in [5, 5.41) is 8.75. The van der Waals surface area contributed by atoms with Crippen LogP contribution in [0.2, 0.25) is 0 Å². The van der Waals surface area contributed by atoms with Gasteiger partial charge < -0.3 is 4.42 Å². The van der Waals surface area contributed by atoms with Crippen molar-refractivity contribution in [1.29, 1.82) is 0 Å². The molecule has 7 aromatic rings. The molecule has 0 aliphatic rings. The molecule has 144 valence electrons. The van der Waals surface area contributed by atoms with Gasteiger partial charge in [0.25, 0.3) is 0 Å². The minimum Gasteiger partial charge on any atom is -0.455 e. The van der Waals surface area contributed by atoms with E-state index < -0.39 is 0 Å². The van der Waals surface area contributed by atoms with Gasteiger partial charge in [0.1, 0.15) is 11.3 Å². The molecule has 0 spiro atoms. The molecule has 0 bridgehead atoms. The Kier molecular flexibility index (Phi) is 3.33. The zero-order chi connectivity index (χ0) is 20.4. The summed E-state index contributed by atoms with van der Waals surface area (Å²) in [6, 6.07) is 38.7. The fourth-order valence-corrected chi connectivity index (χ4v) is 5.10. The van der Waals surface area contributed by atoms with Crippen molar-refractivity contribution in [2.45, 2.75) is 0 Å². The lowest BCUT2D eigenvalue weighted by Gasteiger charge is -2.12. The first-order chi connectivity index (χ1) is 15.4. The van der Waals surface area contributed by atoms with E-state index >= 15 is 0 Å². The van der Waals surface area contributed by atoms with Crippen LogP contribution in [-0.2, 0) is 0 Å². The van der Waals surface area contributed by atoms with E-state index in [1.54, 1.807) is 0 Å². The van der Waals surface area contributed by atoms with Gasteiger partial charge in [0.2, 0.25) is 0 Å². The third kappa shape index (κ3) is 2.26. The molecule has 7 rings (SSSR count). The SMILES string of the molecule is c1ccc(-c2oc3c4cccc5ccc6cccc(c3c2-c2ccccc2)c6c54)cc1. The summed E-state index contributed by atoms with van der Waals surface area (Å²) in [5.74, 6) is 0.929. The molecule has 0 amide bonds. The summed E-state index contributed by atoms with van der Waals surface area (Å²) in [4.78, 5) is 0. The van der Waals surface area contributed by atoms with E-state index in [2.05, 4.69) is 103 Å². The molecule has 31 heavy (non-hydrogen) atoms. The zero-order valence-corrected chi connectivity index (χ0v) is 16.8. The Balaban J connectivity index is 1.80. The first-order valence-electron chi connectivity index (χ1n) is 10.6. The molecule has 1 heterocycles. The van der Waals surface area contributed by atoms with Gasteiger partial charge in [-0.25, -0.2) is 0 Å². The van der Waals surface area contributed by atoms with E-state index in [9.17, 15) is 0 Å². The van der Waals surface area contributed by atoms with Crippen LogP contribution in [0.3, 0.4) is 0 Å². The van der Waals surface area contributed by atoms with Crippen LogP contribution < -0.4 is 0 Å². The van der Waals surface area contributed by atoms with Crippen LogP contribution in [0, 0.1) is 0 Å². The number of rotatable bonds is 2. The molecular weight excluding hydrogens is 376 g/mol. The number of benzene rings is 6. The van der Waals surface area contributed by atoms with Crippen LogP contribution in [0.15, 0.2) is 114 Å². The summed E-state index contributed by atoms with van der Waals surface area (Å²) in [6.45, 7) is 0. The molecule has 0 saturated heterocycles. The maximum absolute atomic E-state index is 6.76. The average Bonchev–Trinajstić information content (AvgIpc) is 3.25. The molecule has 0 saturated carbocycles. The number of furan rings is 1. The molecule has 1 heteroatoms. The standard InChI is InChI=1S/C30H18O/c1-3-9-19(10-4-1)27-28-23-15-7-13-20-17-18-21-14-8-16-24(26(21)25(20)23)30(28)31-29(27)22-11-5-2-6-12-22/h1-18H. The summed E-state index contributed by atoms with van der Waals surface area (Å²) < 4.78 is 6.76. The quantitative estimate of drug-likeness (QED) is 0.267. The molecule has 0 aliphatic heterocycles. The second-order valence-corrected chi connectivity index (χ2v) is 8.12. The second-order valence-electron chi connectivity index (χ2n) is 8.12. The summed E-state index contributed by atoms with van der Waals surface area (Å²) in [6.07, 6.45) is 0. The van der Waals surface area contributed by atoms with Gasteiger partial charge in [0, 0.05) is 27.3 Å². The summed E-state index contributed by atoms with van der Waals surface area (Å²) in [7, 11) is 0. The van der Waals surface area contributed by atoms with E-state index in [1.807, 2.05) is 6.07 Å². The Morgan fingerprint density at radius 1 is 0.419 bits per heavy atom. The molecule has 0 N–H and O–H groups in total. The molecule has 1 nitrogen and oxygen atoms in total. The second kappa shape index (κ2) is 6.20. The molecule has 0 unspecified atom stereocenters. The molecule has 0 radical (unpaired) electrons. The van der Waals surface area contributed by atoms with E-state index in [-0.39, 0.29) is 0 Å². The zero-order valence-electron chi connectivity index (χ0n) is 16.8. The highest BCUT2D eigenvalue weighted by atomic mass is 16.3. The van der Waals surface area contributed by atoms with E-state index in [1.165, 1.54) is 48.8 Å². The fourth-order valence-electron chi connectivity index (χ4n) is 5.10. The Bertz CT molecular complexity index is 1710. The maximum atomic E-state index is 6.76. The topological polar surface area (TPSA) is 13.1 Å². The van der Waals surface area contributed by atoms with Crippen LogP contribution in [-0.4, -0.2) is 0 Å². The van der Waals surface area contributed by atoms with Gasteiger partial charge >= 0.3 is 0 Å². The largest absolute Gasteiger partial charge is 0.455 e. The van der Waals surface area contributed by atoms with Crippen LogP contribution in [0.1, 0.15) is 0 Å². The predicted octanol–water partition coefficient (Wildman–Crippen LogP) is 8.66. The van der Waals surface area contributed by atoms with Crippen LogP contribution in [0.4, 0.5) is 0 Å². The Labute approximate surface area is 179 Å². The smallest absolute Gasteiger partial charge is 0.143 e. The molecule has 0 fully saturated rings. The number of fused-ring (bicyclic) bond motifs is 3. The van der Waals surface area contributed by atoms with Crippen molar-refractivity contribution in [3.05, 3.63) is 109 Å². The van der Waals surface area contributed by atoms with E-state index in [4.69, 9.17) is 4.42 Å². The van der Waals surface area contributed by atoms with Crippen molar-refractivity contribution < 1.29 is 4.42 Å². The Morgan fingerprint density at radius 3 is 1.68 bits per heavy atom. The maximum Gasteiger partial charge on any atom is 0.143 e. The van der Waals surface area contributed by atoms with Crippen LogP contribution in [0.25, 0.3) is 65.7 Å².